The maximum Gasteiger partial charge on any atom is 0.0455 e. The van der Waals surface area contributed by atoms with Crippen molar-refractivity contribution in [2.75, 3.05) is 13.1 Å². The molecule has 18 heavy (non-hydrogen) atoms. The topological polar surface area (TPSA) is 29.3 Å². The van der Waals surface area contributed by atoms with Crippen LogP contribution in [0.5, 0.6) is 0 Å². The molecule has 0 amide bonds. The first-order valence-electron chi connectivity index (χ1n) is 6.61. The fourth-order valence-electron chi connectivity index (χ4n) is 3.12. The van der Waals surface area contributed by atoms with Crippen LogP contribution in [0.3, 0.4) is 0 Å². The third-order valence-corrected chi connectivity index (χ3v) is 4.74. The molecule has 2 atom stereocenters. The molecule has 2 fully saturated rings. The van der Waals surface area contributed by atoms with Crippen molar-refractivity contribution in [3.8, 4) is 0 Å². The third kappa shape index (κ3) is 2.27. The molecule has 0 spiro atoms. The predicted molar refractivity (Wildman–Crippen MR) is 76.1 cm³/mol. The van der Waals surface area contributed by atoms with Crippen LogP contribution in [0.2, 0.25) is 10.0 Å². The highest BCUT2D eigenvalue weighted by Gasteiger charge is 2.42. The van der Waals surface area contributed by atoms with E-state index in [4.69, 9.17) is 28.9 Å². The van der Waals surface area contributed by atoms with Crippen molar-refractivity contribution in [3.63, 3.8) is 0 Å². The van der Waals surface area contributed by atoms with Gasteiger partial charge >= 0.3 is 0 Å². The number of hydrogen-bond donors (Lipinski definition) is 1. The Labute approximate surface area is 118 Å². The molecule has 1 aliphatic heterocycles. The largest absolute Gasteiger partial charge is 0.330 e. The van der Waals surface area contributed by atoms with Crippen LogP contribution in [0.1, 0.15) is 30.9 Å². The molecule has 2 nitrogen and oxygen atoms in total. The van der Waals surface area contributed by atoms with Crippen LogP contribution in [0.15, 0.2) is 18.2 Å². The van der Waals surface area contributed by atoms with Crippen LogP contribution in [0.4, 0.5) is 0 Å². The van der Waals surface area contributed by atoms with Crippen molar-refractivity contribution >= 4 is 23.2 Å². The average molecular weight is 285 g/mol. The van der Waals surface area contributed by atoms with Crippen LogP contribution in [-0.2, 0) is 0 Å². The first-order valence-corrected chi connectivity index (χ1v) is 7.37. The number of nitrogens with zero attached hydrogens (tertiary/aromatic N) is 1. The Morgan fingerprint density at radius 3 is 2.67 bits per heavy atom. The Balaban J connectivity index is 1.97. The van der Waals surface area contributed by atoms with Gasteiger partial charge in [-0.1, -0.05) is 23.2 Å². The molecule has 4 heteroatoms. The summed E-state index contributed by atoms with van der Waals surface area (Å²) >= 11 is 12.5. The second kappa shape index (κ2) is 5.01. The van der Waals surface area contributed by atoms with Gasteiger partial charge < -0.3 is 5.73 Å². The van der Waals surface area contributed by atoms with Gasteiger partial charge in [0.15, 0.2) is 0 Å². The number of nitrogens with two attached hydrogens (primary N) is 1. The second-order valence-electron chi connectivity index (χ2n) is 5.36. The Morgan fingerprint density at radius 2 is 2.00 bits per heavy atom. The molecule has 1 saturated heterocycles. The van der Waals surface area contributed by atoms with Crippen LogP contribution >= 0.6 is 23.2 Å². The predicted octanol–water partition coefficient (Wildman–Crippen LogP) is 3.48. The van der Waals surface area contributed by atoms with Crippen molar-refractivity contribution in [1.29, 1.82) is 0 Å². The number of benzene rings is 1. The number of rotatable bonds is 3. The summed E-state index contributed by atoms with van der Waals surface area (Å²) in [6.07, 6.45) is 3.79. The number of hydrogen-bond acceptors (Lipinski definition) is 2. The van der Waals surface area contributed by atoms with Crippen molar-refractivity contribution < 1.29 is 0 Å². The fraction of sp³-hybridized carbons (Fsp3) is 0.571. The zero-order chi connectivity index (χ0) is 12.7. The maximum atomic E-state index is 6.36. The zero-order valence-corrected chi connectivity index (χ0v) is 11.8. The number of likely N-dealkylation sites (tertiary alicyclic amines) is 1. The highest BCUT2D eigenvalue weighted by atomic mass is 35.5. The molecule has 1 saturated carbocycles. The molecule has 2 unspecified atom stereocenters. The zero-order valence-electron chi connectivity index (χ0n) is 10.3. The van der Waals surface area contributed by atoms with E-state index >= 15 is 0 Å². The second-order valence-corrected chi connectivity index (χ2v) is 6.21. The molecule has 3 rings (SSSR count). The Morgan fingerprint density at radius 1 is 1.22 bits per heavy atom. The van der Waals surface area contributed by atoms with Gasteiger partial charge in [-0.15, -0.1) is 0 Å². The minimum absolute atomic E-state index is 0.355. The molecule has 98 valence electrons. The van der Waals surface area contributed by atoms with E-state index < -0.39 is 0 Å². The fourth-order valence-corrected chi connectivity index (χ4v) is 3.53. The van der Waals surface area contributed by atoms with Gasteiger partial charge in [0.2, 0.25) is 0 Å². The van der Waals surface area contributed by atoms with E-state index in [1.165, 1.54) is 19.3 Å². The first-order chi connectivity index (χ1) is 8.70. The van der Waals surface area contributed by atoms with E-state index in [9.17, 15) is 0 Å². The Kier molecular flexibility index (Phi) is 3.55. The van der Waals surface area contributed by atoms with E-state index in [0.717, 1.165) is 34.7 Å². The van der Waals surface area contributed by atoms with E-state index in [-0.39, 0.29) is 0 Å². The summed E-state index contributed by atoms with van der Waals surface area (Å²) in [7, 11) is 0. The normalized spacial score (nSPS) is 28.8. The highest BCUT2D eigenvalue weighted by Crippen LogP contribution is 2.45. The highest BCUT2D eigenvalue weighted by molar-refractivity contribution is 6.33. The summed E-state index contributed by atoms with van der Waals surface area (Å²) in [5.74, 6) is 0.501. The quantitative estimate of drug-likeness (QED) is 0.921. The van der Waals surface area contributed by atoms with Gasteiger partial charge in [-0.05, 0) is 62.0 Å². The minimum atomic E-state index is 0.355. The van der Waals surface area contributed by atoms with Crippen LogP contribution in [0, 0.1) is 5.92 Å². The van der Waals surface area contributed by atoms with Gasteiger partial charge in [0.05, 0.1) is 0 Å². The Hall–Kier alpha value is -0.280. The van der Waals surface area contributed by atoms with E-state index in [0.29, 0.717) is 12.0 Å². The van der Waals surface area contributed by atoms with Gasteiger partial charge in [0, 0.05) is 22.1 Å². The summed E-state index contributed by atoms with van der Waals surface area (Å²) in [4.78, 5) is 2.58. The van der Waals surface area contributed by atoms with E-state index in [1.54, 1.807) is 0 Å². The monoisotopic (exact) mass is 284 g/mol. The average Bonchev–Trinajstić information content (AvgIpc) is 3.12. The summed E-state index contributed by atoms with van der Waals surface area (Å²) in [5.41, 5.74) is 7.09. The van der Waals surface area contributed by atoms with Gasteiger partial charge in [-0.2, -0.15) is 0 Å². The van der Waals surface area contributed by atoms with Crippen molar-refractivity contribution in [2.24, 2.45) is 11.7 Å². The van der Waals surface area contributed by atoms with Crippen LogP contribution in [-0.4, -0.2) is 24.0 Å². The molecular formula is C14H18Cl2N2. The smallest absolute Gasteiger partial charge is 0.0455 e. The lowest BCUT2D eigenvalue weighted by Gasteiger charge is -2.29. The molecule has 0 bridgehead atoms. The minimum Gasteiger partial charge on any atom is -0.330 e. The summed E-state index contributed by atoms with van der Waals surface area (Å²) < 4.78 is 0. The summed E-state index contributed by atoms with van der Waals surface area (Å²) in [6.45, 7) is 1.86. The molecule has 0 aromatic heterocycles. The lowest BCUT2D eigenvalue weighted by atomic mass is 9.93. The van der Waals surface area contributed by atoms with Crippen molar-refractivity contribution in [2.45, 2.75) is 31.3 Å². The maximum absolute atomic E-state index is 6.36. The molecule has 0 radical (unpaired) electrons. The van der Waals surface area contributed by atoms with Crippen LogP contribution < -0.4 is 5.73 Å². The molecule has 1 heterocycles. The lowest BCUT2D eigenvalue weighted by molar-refractivity contribution is 0.220. The lowest BCUT2D eigenvalue weighted by Crippen LogP contribution is -2.30. The van der Waals surface area contributed by atoms with Gasteiger partial charge in [-0.3, -0.25) is 4.90 Å². The Bertz CT molecular complexity index is 445. The van der Waals surface area contributed by atoms with Gasteiger partial charge in [0.25, 0.3) is 0 Å². The summed E-state index contributed by atoms with van der Waals surface area (Å²) in [6, 6.07) is 6.85. The molecular weight excluding hydrogens is 267 g/mol. The molecule has 2 N–H and O–H groups in total. The van der Waals surface area contributed by atoms with Crippen LogP contribution in [0.25, 0.3) is 0 Å². The van der Waals surface area contributed by atoms with Crippen molar-refractivity contribution in [3.05, 3.63) is 33.8 Å². The van der Waals surface area contributed by atoms with Crippen molar-refractivity contribution in [1.82, 2.24) is 4.90 Å². The number of halogens is 2. The molecule has 1 aromatic rings. The first kappa shape index (κ1) is 12.7. The molecule has 1 aromatic carbocycles. The molecule has 1 aliphatic carbocycles. The standard InChI is InChI=1S/C14H18Cl2N2/c15-10-1-4-13(16)12(7-10)14-9(8-17)5-6-18(14)11-2-3-11/h1,4,7,9,11,14H,2-3,5-6,8,17H2. The molecule has 2 aliphatic rings. The summed E-state index contributed by atoms with van der Waals surface area (Å²) in [5, 5.41) is 1.57. The third-order valence-electron chi connectivity index (χ3n) is 4.16. The van der Waals surface area contributed by atoms with E-state index in [1.807, 2.05) is 18.2 Å². The van der Waals surface area contributed by atoms with Gasteiger partial charge in [-0.25, -0.2) is 0 Å². The van der Waals surface area contributed by atoms with Gasteiger partial charge in [0.1, 0.15) is 0 Å². The SMILES string of the molecule is NCC1CCN(C2CC2)C1c1cc(Cl)ccc1Cl. The van der Waals surface area contributed by atoms with E-state index in [2.05, 4.69) is 4.90 Å².